The second-order valence-corrected chi connectivity index (χ2v) is 6.27. The van der Waals surface area contributed by atoms with Crippen molar-refractivity contribution in [3.05, 3.63) is 23.5 Å². The van der Waals surface area contributed by atoms with E-state index in [4.69, 9.17) is 11.6 Å². The predicted molar refractivity (Wildman–Crippen MR) is 65.6 cm³/mol. The molecule has 8 heteroatoms. The van der Waals surface area contributed by atoms with E-state index in [-0.39, 0.29) is 28.9 Å². The van der Waals surface area contributed by atoms with Crippen molar-refractivity contribution >= 4 is 27.5 Å². The van der Waals surface area contributed by atoms with Crippen LogP contribution in [0.4, 0.5) is 0 Å². The lowest BCUT2D eigenvalue weighted by molar-refractivity contribution is -0.132. The van der Waals surface area contributed by atoms with Crippen LogP contribution in [0.3, 0.4) is 0 Å². The average molecular weight is 290 g/mol. The molecule has 0 bridgehead atoms. The Kier molecular flexibility index (Phi) is 3.56. The van der Waals surface area contributed by atoms with Gasteiger partial charge in [-0.1, -0.05) is 11.6 Å². The van der Waals surface area contributed by atoms with Crippen LogP contribution in [0.1, 0.15) is 0 Å². The highest BCUT2D eigenvalue weighted by atomic mass is 35.5. The summed E-state index contributed by atoms with van der Waals surface area (Å²) in [6.07, 6.45) is 2.61. The third kappa shape index (κ3) is 2.33. The molecule has 0 unspecified atom stereocenters. The summed E-state index contributed by atoms with van der Waals surface area (Å²) in [5.74, 6) is -0.232. The van der Waals surface area contributed by atoms with E-state index in [1.54, 1.807) is 7.05 Å². The molecule has 1 aromatic rings. The van der Waals surface area contributed by atoms with Gasteiger partial charge in [-0.2, -0.15) is 4.31 Å². The summed E-state index contributed by atoms with van der Waals surface area (Å²) >= 11 is 5.85. The molecule has 2 heterocycles. The molecular weight excluding hydrogens is 278 g/mol. The maximum atomic E-state index is 12.3. The SMILES string of the molecule is CN1CCN(S(=O)(=O)c2cnccc2Cl)CC1=O. The first-order valence-corrected chi connectivity index (χ1v) is 7.08. The Labute approximate surface area is 110 Å². The Morgan fingerprint density at radius 3 is 2.72 bits per heavy atom. The standard InChI is InChI=1S/C10H12ClN3O3S/c1-13-4-5-14(7-10(13)15)18(16,17)9-6-12-3-2-8(9)11/h2-3,6H,4-5,7H2,1H3. The van der Waals surface area contributed by atoms with Crippen LogP contribution in [0.5, 0.6) is 0 Å². The highest BCUT2D eigenvalue weighted by Gasteiger charge is 2.32. The number of halogens is 1. The fourth-order valence-corrected chi connectivity index (χ4v) is 3.42. The monoisotopic (exact) mass is 289 g/mol. The molecule has 1 saturated heterocycles. The molecule has 0 atom stereocenters. The Morgan fingerprint density at radius 2 is 2.11 bits per heavy atom. The number of hydrogen-bond acceptors (Lipinski definition) is 4. The van der Waals surface area contributed by atoms with E-state index in [2.05, 4.69) is 4.98 Å². The molecule has 0 N–H and O–H groups in total. The van der Waals surface area contributed by atoms with Gasteiger partial charge >= 0.3 is 0 Å². The smallest absolute Gasteiger partial charge is 0.246 e. The van der Waals surface area contributed by atoms with E-state index in [9.17, 15) is 13.2 Å². The summed E-state index contributed by atoms with van der Waals surface area (Å²) in [6.45, 7) is 0.468. The number of piperazine rings is 1. The molecule has 0 spiro atoms. The first-order valence-electron chi connectivity index (χ1n) is 5.26. The maximum Gasteiger partial charge on any atom is 0.246 e. The Balaban J connectivity index is 2.33. The Morgan fingerprint density at radius 1 is 1.39 bits per heavy atom. The van der Waals surface area contributed by atoms with Crippen molar-refractivity contribution in [2.45, 2.75) is 4.90 Å². The van der Waals surface area contributed by atoms with Crippen LogP contribution in [0.2, 0.25) is 5.02 Å². The van der Waals surface area contributed by atoms with Gasteiger partial charge in [-0.3, -0.25) is 9.78 Å². The van der Waals surface area contributed by atoms with Crippen molar-refractivity contribution in [3.63, 3.8) is 0 Å². The average Bonchev–Trinajstić information content (AvgIpc) is 2.33. The molecule has 6 nitrogen and oxygen atoms in total. The van der Waals surface area contributed by atoms with E-state index in [1.807, 2.05) is 0 Å². The molecule has 1 amide bonds. The summed E-state index contributed by atoms with van der Waals surface area (Å²) in [4.78, 5) is 16.7. The van der Waals surface area contributed by atoms with Gasteiger partial charge in [0.1, 0.15) is 4.90 Å². The van der Waals surface area contributed by atoms with Gasteiger partial charge in [-0.15, -0.1) is 0 Å². The molecular formula is C10H12ClN3O3S. The van der Waals surface area contributed by atoms with Crippen molar-refractivity contribution in [2.24, 2.45) is 0 Å². The normalized spacial score (nSPS) is 18.1. The molecule has 1 fully saturated rings. The minimum absolute atomic E-state index is 0.0657. The van der Waals surface area contributed by atoms with Gasteiger partial charge in [0, 0.05) is 32.5 Å². The number of amides is 1. The molecule has 2 rings (SSSR count). The summed E-state index contributed by atoms with van der Waals surface area (Å²) in [5, 5.41) is 0.108. The summed E-state index contributed by atoms with van der Waals surface area (Å²) in [6, 6.07) is 1.41. The van der Waals surface area contributed by atoms with E-state index < -0.39 is 10.0 Å². The third-order valence-corrected chi connectivity index (χ3v) is 5.09. The van der Waals surface area contributed by atoms with Gasteiger partial charge in [0.15, 0.2) is 0 Å². The van der Waals surface area contributed by atoms with Crippen LogP contribution in [0.25, 0.3) is 0 Å². The minimum Gasteiger partial charge on any atom is -0.343 e. The van der Waals surface area contributed by atoms with Crippen molar-refractivity contribution < 1.29 is 13.2 Å². The van der Waals surface area contributed by atoms with Gasteiger partial charge in [0.05, 0.1) is 11.6 Å². The summed E-state index contributed by atoms with van der Waals surface area (Å²) in [7, 11) is -2.12. The first kappa shape index (κ1) is 13.3. The molecule has 0 aliphatic carbocycles. The zero-order chi connectivity index (χ0) is 13.3. The fraction of sp³-hybridized carbons (Fsp3) is 0.400. The van der Waals surface area contributed by atoms with Crippen LogP contribution in [-0.4, -0.2) is 55.2 Å². The zero-order valence-corrected chi connectivity index (χ0v) is 11.3. The second kappa shape index (κ2) is 4.83. The molecule has 1 aliphatic rings. The second-order valence-electron chi connectivity index (χ2n) is 3.96. The molecule has 0 aromatic carbocycles. The van der Waals surface area contributed by atoms with Gasteiger partial charge in [0.2, 0.25) is 15.9 Å². The minimum atomic E-state index is -3.76. The van der Waals surface area contributed by atoms with Crippen molar-refractivity contribution in [2.75, 3.05) is 26.7 Å². The molecule has 0 radical (unpaired) electrons. The fourth-order valence-electron chi connectivity index (χ4n) is 1.63. The molecule has 1 aromatic heterocycles. The van der Waals surface area contributed by atoms with Crippen LogP contribution in [0, 0.1) is 0 Å². The number of carbonyl (C=O) groups excluding carboxylic acids is 1. The number of aromatic nitrogens is 1. The Bertz CT molecular complexity index is 575. The predicted octanol–water partition coefficient (Wildman–Crippen LogP) is 0.198. The number of sulfonamides is 1. The van der Waals surface area contributed by atoms with Crippen LogP contribution < -0.4 is 0 Å². The van der Waals surface area contributed by atoms with E-state index in [0.717, 1.165) is 4.31 Å². The largest absolute Gasteiger partial charge is 0.343 e. The molecule has 98 valence electrons. The van der Waals surface area contributed by atoms with Crippen molar-refractivity contribution in [1.82, 2.24) is 14.2 Å². The highest BCUT2D eigenvalue weighted by Crippen LogP contribution is 2.24. The lowest BCUT2D eigenvalue weighted by Gasteiger charge is -2.31. The quantitative estimate of drug-likeness (QED) is 0.780. The van der Waals surface area contributed by atoms with E-state index in [0.29, 0.717) is 6.54 Å². The maximum absolute atomic E-state index is 12.3. The number of carbonyl (C=O) groups is 1. The third-order valence-electron chi connectivity index (χ3n) is 2.77. The van der Waals surface area contributed by atoms with E-state index >= 15 is 0 Å². The van der Waals surface area contributed by atoms with Gasteiger partial charge in [-0.25, -0.2) is 8.42 Å². The summed E-state index contributed by atoms with van der Waals surface area (Å²) < 4.78 is 25.7. The number of hydrogen-bond donors (Lipinski definition) is 0. The van der Waals surface area contributed by atoms with Gasteiger partial charge in [-0.05, 0) is 6.07 Å². The molecule has 1 aliphatic heterocycles. The van der Waals surface area contributed by atoms with Crippen LogP contribution in [-0.2, 0) is 14.8 Å². The Hall–Kier alpha value is -1.18. The zero-order valence-electron chi connectivity index (χ0n) is 9.71. The highest BCUT2D eigenvalue weighted by molar-refractivity contribution is 7.89. The first-order chi connectivity index (χ1) is 8.43. The lowest BCUT2D eigenvalue weighted by Crippen LogP contribution is -2.50. The number of pyridine rings is 1. The lowest BCUT2D eigenvalue weighted by atomic mass is 10.4. The van der Waals surface area contributed by atoms with Crippen LogP contribution >= 0.6 is 11.6 Å². The van der Waals surface area contributed by atoms with Crippen molar-refractivity contribution in [1.29, 1.82) is 0 Å². The molecule has 18 heavy (non-hydrogen) atoms. The summed E-state index contributed by atoms with van der Waals surface area (Å²) in [5.41, 5.74) is 0. The van der Waals surface area contributed by atoms with Gasteiger partial charge < -0.3 is 4.90 Å². The van der Waals surface area contributed by atoms with Gasteiger partial charge in [0.25, 0.3) is 0 Å². The number of rotatable bonds is 2. The number of nitrogens with zero attached hydrogens (tertiary/aromatic N) is 3. The topological polar surface area (TPSA) is 70.6 Å². The van der Waals surface area contributed by atoms with E-state index in [1.165, 1.54) is 23.4 Å². The van der Waals surface area contributed by atoms with Crippen molar-refractivity contribution in [3.8, 4) is 0 Å². The van der Waals surface area contributed by atoms with Crippen LogP contribution in [0.15, 0.2) is 23.4 Å². The molecule has 0 saturated carbocycles. The number of likely N-dealkylation sites (N-methyl/N-ethyl adjacent to an activating group) is 1.